The molecule has 0 saturated carbocycles. The molecule has 0 aliphatic heterocycles. The van der Waals surface area contributed by atoms with Gasteiger partial charge in [-0.3, -0.25) is 0 Å². The third-order valence-corrected chi connectivity index (χ3v) is 5.26. The van der Waals surface area contributed by atoms with Gasteiger partial charge in [-0.05, 0) is 29.2 Å². The standard InChI is InChI=1S/C24H23N5O/c1-3-7-21-20(23-27-24(30)28-29(23)22(4-2)26-21)14-16-10-12-17(13-11-16)19-9-6-5-8-18(19)15-25/h5-6,8-13H,3-4,7,14H2,1-2H3,(H,28,30). The fourth-order valence-electron chi connectivity index (χ4n) is 3.81. The van der Waals surface area contributed by atoms with Crippen LogP contribution in [-0.4, -0.2) is 19.6 Å². The molecule has 0 saturated heterocycles. The van der Waals surface area contributed by atoms with E-state index in [2.05, 4.69) is 35.2 Å². The Morgan fingerprint density at radius 2 is 1.83 bits per heavy atom. The first-order valence-electron chi connectivity index (χ1n) is 10.2. The Bertz CT molecular complexity index is 1290. The van der Waals surface area contributed by atoms with Crippen molar-refractivity contribution in [3.05, 3.63) is 87.2 Å². The van der Waals surface area contributed by atoms with Gasteiger partial charge in [-0.2, -0.15) is 10.2 Å². The summed E-state index contributed by atoms with van der Waals surface area (Å²) in [6, 6.07) is 18.0. The SMILES string of the molecule is CCCc1nc(CC)n2[nH]c(=O)nc2c1Cc1ccc(-c2ccccc2C#N)cc1. The molecule has 0 aliphatic carbocycles. The summed E-state index contributed by atoms with van der Waals surface area (Å²) in [5, 5.41) is 12.1. The summed E-state index contributed by atoms with van der Waals surface area (Å²) in [5.41, 5.74) is 5.98. The molecule has 0 atom stereocenters. The van der Waals surface area contributed by atoms with Crippen LogP contribution in [0.3, 0.4) is 0 Å². The highest BCUT2D eigenvalue weighted by Crippen LogP contribution is 2.25. The number of H-pyrrole nitrogens is 1. The molecular formula is C24H23N5O. The highest BCUT2D eigenvalue weighted by Gasteiger charge is 2.16. The van der Waals surface area contributed by atoms with E-state index in [0.717, 1.165) is 46.6 Å². The number of hydrogen-bond acceptors (Lipinski definition) is 4. The van der Waals surface area contributed by atoms with Crippen LogP contribution in [0.15, 0.2) is 53.3 Å². The van der Waals surface area contributed by atoms with Crippen molar-refractivity contribution < 1.29 is 0 Å². The predicted octanol–water partition coefficient (Wildman–Crippen LogP) is 4.06. The maximum absolute atomic E-state index is 12.0. The number of nitriles is 1. The van der Waals surface area contributed by atoms with Crippen molar-refractivity contribution in [2.24, 2.45) is 0 Å². The summed E-state index contributed by atoms with van der Waals surface area (Å²) in [6.45, 7) is 4.15. The summed E-state index contributed by atoms with van der Waals surface area (Å²) in [4.78, 5) is 21.0. The van der Waals surface area contributed by atoms with Crippen LogP contribution in [-0.2, 0) is 19.3 Å². The van der Waals surface area contributed by atoms with Crippen molar-refractivity contribution in [1.82, 2.24) is 19.6 Å². The zero-order valence-electron chi connectivity index (χ0n) is 17.1. The number of rotatable bonds is 6. The van der Waals surface area contributed by atoms with E-state index in [1.54, 1.807) is 4.52 Å². The second kappa shape index (κ2) is 8.34. The summed E-state index contributed by atoms with van der Waals surface area (Å²) in [7, 11) is 0. The quantitative estimate of drug-likeness (QED) is 0.531. The lowest BCUT2D eigenvalue weighted by Gasteiger charge is -2.13. The van der Waals surface area contributed by atoms with E-state index in [0.29, 0.717) is 24.1 Å². The Balaban J connectivity index is 1.75. The second-order valence-corrected chi connectivity index (χ2v) is 7.28. The summed E-state index contributed by atoms with van der Waals surface area (Å²) >= 11 is 0. The van der Waals surface area contributed by atoms with E-state index in [1.807, 2.05) is 43.3 Å². The molecule has 2 aromatic heterocycles. The largest absolute Gasteiger partial charge is 0.362 e. The molecule has 0 fully saturated rings. The molecule has 30 heavy (non-hydrogen) atoms. The van der Waals surface area contributed by atoms with Gasteiger partial charge in [-0.25, -0.2) is 19.4 Å². The topological polar surface area (TPSA) is 86.8 Å². The number of aromatic amines is 1. The third kappa shape index (κ3) is 3.62. The molecule has 0 amide bonds. The minimum Gasteiger partial charge on any atom is -0.244 e. The fourth-order valence-corrected chi connectivity index (χ4v) is 3.81. The molecule has 1 N–H and O–H groups in total. The van der Waals surface area contributed by atoms with Crippen LogP contribution in [0.5, 0.6) is 0 Å². The first-order chi connectivity index (χ1) is 14.6. The van der Waals surface area contributed by atoms with Gasteiger partial charge in [0.2, 0.25) is 0 Å². The molecule has 6 nitrogen and oxygen atoms in total. The van der Waals surface area contributed by atoms with E-state index in [4.69, 9.17) is 4.98 Å². The smallest absolute Gasteiger partial charge is 0.244 e. The lowest BCUT2D eigenvalue weighted by molar-refractivity contribution is 0.756. The number of fused-ring (bicyclic) bond motifs is 1. The molecule has 0 aliphatic rings. The number of nitrogens with zero attached hydrogens (tertiary/aromatic N) is 4. The van der Waals surface area contributed by atoms with E-state index >= 15 is 0 Å². The van der Waals surface area contributed by atoms with E-state index in [1.165, 1.54) is 0 Å². The molecule has 0 radical (unpaired) electrons. The molecule has 4 rings (SSSR count). The van der Waals surface area contributed by atoms with E-state index < -0.39 is 0 Å². The second-order valence-electron chi connectivity index (χ2n) is 7.28. The molecule has 0 spiro atoms. The summed E-state index contributed by atoms with van der Waals surface area (Å²) in [5.74, 6) is 0.815. The average Bonchev–Trinajstić information content (AvgIpc) is 3.17. The molecular weight excluding hydrogens is 374 g/mol. The van der Waals surface area contributed by atoms with Gasteiger partial charge in [-0.1, -0.05) is 62.7 Å². The zero-order chi connectivity index (χ0) is 21.1. The Morgan fingerprint density at radius 3 is 2.53 bits per heavy atom. The first-order valence-corrected chi connectivity index (χ1v) is 10.2. The number of aromatic nitrogens is 4. The van der Waals surface area contributed by atoms with Crippen molar-refractivity contribution in [3.63, 3.8) is 0 Å². The lowest BCUT2D eigenvalue weighted by atomic mass is 9.97. The minimum absolute atomic E-state index is 0.357. The van der Waals surface area contributed by atoms with Crippen molar-refractivity contribution >= 4 is 5.65 Å². The van der Waals surface area contributed by atoms with E-state index in [9.17, 15) is 10.1 Å². The van der Waals surface area contributed by atoms with Crippen LogP contribution in [0.2, 0.25) is 0 Å². The van der Waals surface area contributed by atoms with Gasteiger partial charge in [-0.15, -0.1) is 0 Å². The Morgan fingerprint density at radius 1 is 1.07 bits per heavy atom. The molecule has 6 heteroatoms. The third-order valence-electron chi connectivity index (χ3n) is 5.26. The molecule has 150 valence electrons. The average molecular weight is 397 g/mol. The normalized spacial score (nSPS) is 11.0. The maximum Gasteiger partial charge on any atom is 0.362 e. The van der Waals surface area contributed by atoms with Crippen molar-refractivity contribution in [1.29, 1.82) is 5.26 Å². The monoisotopic (exact) mass is 397 g/mol. The Kier molecular flexibility index (Phi) is 5.44. The van der Waals surface area contributed by atoms with Crippen molar-refractivity contribution in [2.45, 2.75) is 39.5 Å². The Hall–Kier alpha value is -3.72. The van der Waals surface area contributed by atoms with Crippen LogP contribution in [0.1, 0.15) is 48.5 Å². The lowest BCUT2D eigenvalue weighted by Crippen LogP contribution is -2.10. The number of benzene rings is 2. The van der Waals surface area contributed by atoms with Gasteiger partial charge in [0.25, 0.3) is 0 Å². The molecule has 0 unspecified atom stereocenters. The molecule has 2 heterocycles. The maximum atomic E-state index is 12.0. The predicted molar refractivity (Wildman–Crippen MR) is 116 cm³/mol. The zero-order valence-corrected chi connectivity index (χ0v) is 17.1. The van der Waals surface area contributed by atoms with Gasteiger partial charge in [0.15, 0.2) is 5.65 Å². The van der Waals surface area contributed by atoms with Crippen LogP contribution < -0.4 is 5.69 Å². The van der Waals surface area contributed by atoms with Crippen molar-refractivity contribution in [3.8, 4) is 17.2 Å². The minimum atomic E-state index is -0.357. The molecule has 4 aromatic rings. The van der Waals surface area contributed by atoms with Crippen molar-refractivity contribution in [2.75, 3.05) is 0 Å². The summed E-state index contributed by atoms with van der Waals surface area (Å²) < 4.78 is 1.72. The van der Waals surface area contributed by atoms with Crippen LogP contribution in [0.25, 0.3) is 16.8 Å². The highest BCUT2D eigenvalue weighted by atomic mass is 16.1. The van der Waals surface area contributed by atoms with Gasteiger partial charge in [0, 0.05) is 24.1 Å². The number of hydrogen-bond donors (Lipinski definition) is 1. The van der Waals surface area contributed by atoms with Gasteiger partial charge < -0.3 is 0 Å². The fraction of sp³-hybridized carbons (Fsp3) is 0.250. The van der Waals surface area contributed by atoms with Gasteiger partial charge >= 0.3 is 5.69 Å². The Labute approximate surface area is 174 Å². The van der Waals surface area contributed by atoms with E-state index in [-0.39, 0.29) is 5.69 Å². The van der Waals surface area contributed by atoms with Crippen LogP contribution in [0, 0.1) is 11.3 Å². The van der Waals surface area contributed by atoms with Crippen LogP contribution in [0.4, 0.5) is 0 Å². The summed E-state index contributed by atoms with van der Waals surface area (Å²) in [6.07, 6.45) is 3.17. The molecule has 2 aromatic carbocycles. The van der Waals surface area contributed by atoms with Gasteiger partial charge in [0.05, 0.1) is 11.6 Å². The number of aryl methyl sites for hydroxylation is 2. The highest BCUT2D eigenvalue weighted by molar-refractivity contribution is 5.70. The molecule has 0 bridgehead atoms. The number of nitrogens with one attached hydrogen (secondary N) is 1. The van der Waals surface area contributed by atoms with Gasteiger partial charge in [0.1, 0.15) is 5.82 Å². The first kappa shape index (κ1) is 19.6. The van der Waals surface area contributed by atoms with Crippen LogP contribution >= 0.6 is 0 Å².